The Morgan fingerprint density at radius 3 is 2.29 bits per heavy atom. The topological polar surface area (TPSA) is 0 Å². The second-order valence-electron chi connectivity index (χ2n) is 8.62. The summed E-state index contributed by atoms with van der Waals surface area (Å²) < 4.78 is 0. The van der Waals surface area contributed by atoms with Crippen molar-refractivity contribution in [3.8, 4) is 0 Å². The van der Waals surface area contributed by atoms with Gasteiger partial charge in [0.25, 0.3) is 0 Å². The van der Waals surface area contributed by atoms with Crippen molar-refractivity contribution in [3.63, 3.8) is 0 Å². The maximum atomic E-state index is 2.61. The van der Waals surface area contributed by atoms with Crippen molar-refractivity contribution in [2.24, 2.45) is 29.1 Å². The lowest BCUT2D eigenvalue weighted by Gasteiger charge is -2.50. The first-order valence-electron chi connectivity index (χ1n) is 11.3. The van der Waals surface area contributed by atoms with Gasteiger partial charge in [-0.2, -0.15) is 0 Å². The third-order valence-corrected chi connectivity index (χ3v) is 6.78. The highest BCUT2D eigenvalue weighted by Gasteiger charge is 2.49. The molecule has 5 unspecified atom stereocenters. The van der Waals surface area contributed by atoms with Gasteiger partial charge < -0.3 is 0 Å². The fraction of sp³-hybridized carbons (Fsp3) is 0.917. The summed E-state index contributed by atoms with van der Waals surface area (Å²) in [5.74, 6) is 4.30. The van der Waals surface area contributed by atoms with Crippen molar-refractivity contribution in [1.29, 1.82) is 0 Å². The minimum Gasteiger partial charge on any atom is -0.0888 e. The van der Waals surface area contributed by atoms with Crippen molar-refractivity contribution < 1.29 is 0 Å². The van der Waals surface area contributed by atoms with E-state index in [4.69, 9.17) is 0 Å². The van der Waals surface area contributed by atoms with E-state index < -0.39 is 0 Å². The van der Waals surface area contributed by atoms with E-state index in [0.29, 0.717) is 0 Å². The van der Waals surface area contributed by atoms with Crippen molar-refractivity contribution in [2.45, 2.75) is 112 Å². The van der Waals surface area contributed by atoms with Gasteiger partial charge in [0.1, 0.15) is 0 Å². The Morgan fingerprint density at radius 2 is 1.62 bits per heavy atom. The zero-order chi connectivity index (χ0) is 18.0. The van der Waals surface area contributed by atoms with Gasteiger partial charge in [-0.1, -0.05) is 66.5 Å². The van der Waals surface area contributed by atoms with Crippen LogP contribution in [0.5, 0.6) is 0 Å². The highest BCUT2D eigenvalue weighted by molar-refractivity contribution is 5.00. The Balaban J connectivity index is 0.000000521. The Hall–Kier alpha value is -0.260. The van der Waals surface area contributed by atoms with Gasteiger partial charge in [0.15, 0.2) is 0 Å². The molecule has 3 rings (SSSR count). The Bertz CT molecular complexity index is 342. The SMILES string of the molecule is CC.CC/C=C\CC1CCC2C(CCC3(C)CCCC23)C1.CCC. The maximum absolute atomic E-state index is 2.61. The summed E-state index contributed by atoms with van der Waals surface area (Å²) in [6, 6.07) is 0. The van der Waals surface area contributed by atoms with Crippen LogP contribution in [0.15, 0.2) is 12.2 Å². The first-order valence-corrected chi connectivity index (χ1v) is 11.3. The van der Waals surface area contributed by atoms with Crippen LogP contribution in [0.2, 0.25) is 0 Å². The van der Waals surface area contributed by atoms with E-state index in [1.54, 1.807) is 25.7 Å². The molecule has 3 aliphatic rings. The summed E-state index contributed by atoms with van der Waals surface area (Å²) in [6.45, 7) is 13.1. The predicted molar refractivity (Wildman–Crippen MR) is 110 cm³/mol. The maximum Gasteiger partial charge on any atom is -0.0295 e. The molecule has 0 N–H and O–H groups in total. The van der Waals surface area contributed by atoms with Crippen LogP contribution in [0.25, 0.3) is 0 Å². The van der Waals surface area contributed by atoms with Crippen molar-refractivity contribution in [2.75, 3.05) is 0 Å². The van der Waals surface area contributed by atoms with Gasteiger partial charge in [0, 0.05) is 0 Å². The van der Waals surface area contributed by atoms with Crippen LogP contribution in [-0.2, 0) is 0 Å². The molecule has 24 heavy (non-hydrogen) atoms. The number of rotatable bonds is 3. The van der Waals surface area contributed by atoms with Gasteiger partial charge in [-0.25, -0.2) is 0 Å². The minimum atomic E-state index is 0.746. The average molecular weight is 335 g/mol. The minimum absolute atomic E-state index is 0.746. The molecule has 3 saturated carbocycles. The molecule has 3 fully saturated rings. The molecule has 0 heteroatoms. The second-order valence-corrected chi connectivity index (χ2v) is 8.62. The molecule has 0 aliphatic heterocycles. The molecule has 3 aliphatic carbocycles. The van der Waals surface area contributed by atoms with Crippen LogP contribution in [0.4, 0.5) is 0 Å². The third kappa shape index (κ3) is 5.63. The molecule has 0 saturated heterocycles. The molecule has 0 spiro atoms. The van der Waals surface area contributed by atoms with Crippen LogP contribution in [-0.4, -0.2) is 0 Å². The normalized spacial score (nSPS) is 37.6. The number of hydrogen-bond acceptors (Lipinski definition) is 0. The lowest BCUT2D eigenvalue weighted by Crippen LogP contribution is -2.41. The number of fused-ring (bicyclic) bond motifs is 3. The van der Waals surface area contributed by atoms with E-state index in [9.17, 15) is 0 Å². The molecule has 5 atom stereocenters. The molecule has 0 heterocycles. The van der Waals surface area contributed by atoms with E-state index in [1.165, 1.54) is 44.9 Å². The summed E-state index contributed by atoms with van der Waals surface area (Å²) >= 11 is 0. The van der Waals surface area contributed by atoms with E-state index in [1.807, 2.05) is 13.8 Å². The molecular weight excluding hydrogens is 288 g/mol. The fourth-order valence-corrected chi connectivity index (χ4v) is 5.73. The monoisotopic (exact) mass is 334 g/mol. The molecule has 0 aromatic rings. The van der Waals surface area contributed by atoms with E-state index in [-0.39, 0.29) is 0 Å². The molecule has 142 valence electrons. The number of allylic oxidation sites excluding steroid dienone is 2. The van der Waals surface area contributed by atoms with Crippen LogP contribution >= 0.6 is 0 Å². The molecule has 0 nitrogen and oxygen atoms in total. The Morgan fingerprint density at radius 1 is 0.917 bits per heavy atom. The van der Waals surface area contributed by atoms with Gasteiger partial charge in [-0.3, -0.25) is 0 Å². The van der Waals surface area contributed by atoms with Crippen molar-refractivity contribution in [3.05, 3.63) is 12.2 Å². The molecule has 0 aromatic heterocycles. The molecule has 0 aromatic carbocycles. The fourth-order valence-electron chi connectivity index (χ4n) is 5.73. The lowest BCUT2D eigenvalue weighted by atomic mass is 9.55. The smallest absolute Gasteiger partial charge is 0.0295 e. The quantitative estimate of drug-likeness (QED) is 0.454. The zero-order valence-corrected chi connectivity index (χ0v) is 17.7. The zero-order valence-electron chi connectivity index (χ0n) is 17.7. The largest absolute Gasteiger partial charge is 0.0888 e. The van der Waals surface area contributed by atoms with Gasteiger partial charge in [0.2, 0.25) is 0 Å². The van der Waals surface area contributed by atoms with E-state index in [2.05, 4.69) is 39.8 Å². The van der Waals surface area contributed by atoms with Gasteiger partial charge >= 0.3 is 0 Å². The van der Waals surface area contributed by atoms with Crippen LogP contribution in [0, 0.1) is 29.1 Å². The molecular formula is C24H46. The van der Waals surface area contributed by atoms with Crippen molar-refractivity contribution in [1.82, 2.24) is 0 Å². The summed E-state index contributed by atoms with van der Waals surface area (Å²) in [5.41, 5.74) is 0.746. The Labute approximate surface area is 153 Å². The standard InChI is InChI=1S/C19H32.C3H8.C2H6/c1-3-4-5-7-15-9-10-17-16(14-15)11-13-19(2)12-6-8-18(17)19;1-3-2;1-2/h4-5,15-18H,3,6-14H2,1-2H3;3H2,1-2H3;1-2H3/b5-4-;;. The van der Waals surface area contributed by atoms with Crippen molar-refractivity contribution >= 4 is 0 Å². The third-order valence-electron chi connectivity index (χ3n) is 6.78. The van der Waals surface area contributed by atoms with Crippen LogP contribution < -0.4 is 0 Å². The van der Waals surface area contributed by atoms with Gasteiger partial charge in [0.05, 0.1) is 0 Å². The number of hydrogen-bond donors (Lipinski definition) is 0. The predicted octanol–water partition coefficient (Wildman–Crippen LogP) is 8.42. The second kappa shape index (κ2) is 11.4. The Kier molecular flexibility index (Phi) is 10.3. The summed E-state index contributed by atoms with van der Waals surface area (Å²) in [4.78, 5) is 0. The van der Waals surface area contributed by atoms with Crippen LogP contribution in [0.1, 0.15) is 112 Å². The highest BCUT2D eigenvalue weighted by atomic mass is 14.5. The average Bonchev–Trinajstić information content (AvgIpc) is 3.00. The first kappa shape index (κ1) is 21.8. The first-order chi connectivity index (χ1) is 11.6. The molecule has 0 bridgehead atoms. The summed E-state index contributed by atoms with van der Waals surface area (Å²) in [5, 5.41) is 0. The summed E-state index contributed by atoms with van der Waals surface area (Å²) in [7, 11) is 0. The highest BCUT2D eigenvalue weighted by Crippen LogP contribution is 2.59. The van der Waals surface area contributed by atoms with E-state index >= 15 is 0 Å². The van der Waals surface area contributed by atoms with E-state index in [0.717, 1.165) is 29.1 Å². The van der Waals surface area contributed by atoms with Gasteiger partial charge in [-0.15, -0.1) is 0 Å². The van der Waals surface area contributed by atoms with Gasteiger partial charge in [-0.05, 0) is 86.9 Å². The molecule has 0 radical (unpaired) electrons. The summed E-state index contributed by atoms with van der Waals surface area (Å²) in [6.07, 6.45) is 20.9. The van der Waals surface area contributed by atoms with Crippen LogP contribution in [0.3, 0.4) is 0 Å². The lowest BCUT2D eigenvalue weighted by molar-refractivity contribution is 0.000751. The molecule has 0 amide bonds.